The first kappa shape index (κ1) is 19.4. The number of rotatable bonds is 4. The highest BCUT2D eigenvalue weighted by Crippen LogP contribution is 2.31. The lowest BCUT2D eigenvalue weighted by Gasteiger charge is -2.16. The number of ether oxygens (including phenoxy) is 1. The number of nitriles is 1. The number of aromatic hydroxyl groups is 1. The molecule has 1 atom stereocenters. The maximum absolute atomic E-state index is 12.9. The van der Waals surface area contributed by atoms with Gasteiger partial charge in [-0.1, -0.05) is 23.2 Å². The summed E-state index contributed by atoms with van der Waals surface area (Å²) in [5.41, 5.74) is -0.0278. The zero-order valence-corrected chi connectivity index (χ0v) is 16.0. The summed E-state index contributed by atoms with van der Waals surface area (Å²) < 4.78 is 6.64. The lowest BCUT2D eigenvalue weighted by atomic mass is 10.1. The van der Waals surface area contributed by atoms with Crippen molar-refractivity contribution in [2.75, 3.05) is 6.61 Å². The van der Waals surface area contributed by atoms with Crippen LogP contribution in [-0.4, -0.2) is 22.4 Å². The predicted molar refractivity (Wildman–Crippen MR) is 101 cm³/mol. The maximum atomic E-state index is 12.9. The van der Waals surface area contributed by atoms with Crippen LogP contribution in [0.15, 0.2) is 33.2 Å². The molecule has 0 radical (unpaired) electrons. The highest BCUT2D eigenvalue weighted by Gasteiger charge is 2.23. The summed E-state index contributed by atoms with van der Waals surface area (Å²) >= 11 is 11.9. The Bertz CT molecular complexity index is 1010. The van der Waals surface area contributed by atoms with E-state index in [4.69, 9.17) is 27.9 Å². The summed E-state index contributed by atoms with van der Waals surface area (Å²) in [4.78, 5) is 12.9. The second-order valence-electron chi connectivity index (χ2n) is 6.13. The number of nitrogens with zero attached hydrogens (tertiary/aromatic N) is 4. The first-order valence-corrected chi connectivity index (χ1v) is 9.02. The molecular formula is C18H16Cl2N4O3. The molecule has 0 bridgehead atoms. The van der Waals surface area contributed by atoms with Gasteiger partial charge in [-0.25, -0.2) is 0 Å². The molecule has 1 aromatic carbocycles. The smallest absolute Gasteiger partial charge is 0.281 e. The zero-order valence-electron chi connectivity index (χ0n) is 14.4. The molecule has 1 N–H and O–H groups in total. The molecule has 1 aliphatic rings. The number of halogens is 2. The van der Waals surface area contributed by atoms with Crippen LogP contribution < -0.4 is 5.56 Å². The Labute approximate surface area is 165 Å². The van der Waals surface area contributed by atoms with Crippen molar-refractivity contribution in [1.29, 1.82) is 5.26 Å². The third kappa shape index (κ3) is 3.98. The van der Waals surface area contributed by atoms with Crippen LogP contribution >= 0.6 is 23.2 Å². The van der Waals surface area contributed by atoms with E-state index in [0.29, 0.717) is 17.3 Å². The molecule has 1 saturated heterocycles. The Balaban J connectivity index is 2.07. The lowest BCUT2D eigenvalue weighted by molar-refractivity contribution is 0.0939. The number of hydrogen-bond donors (Lipinski definition) is 1. The van der Waals surface area contributed by atoms with Crippen molar-refractivity contribution in [3.63, 3.8) is 0 Å². The molecule has 0 aliphatic carbocycles. The number of pyridine rings is 1. The minimum Gasteiger partial charge on any atom is -0.493 e. The Hall–Kier alpha value is -2.40. The third-order valence-corrected chi connectivity index (χ3v) is 4.88. The van der Waals surface area contributed by atoms with E-state index in [1.54, 1.807) is 12.1 Å². The molecule has 140 valence electrons. The minimum absolute atomic E-state index is 0.0243. The normalized spacial score (nSPS) is 16.7. The van der Waals surface area contributed by atoms with E-state index in [1.165, 1.54) is 13.0 Å². The molecule has 7 nitrogen and oxygen atoms in total. The molecule has 1 unspecified atom stereocenters. The van der Waals surface area contributed by atoms with Gasteiger partial charge in [0.2, 0.25) is 5.88 Å². The van der Waals surface area contributed by atoms with Crippen molar-refractivity contribution in [3.05, 3.63) is 49.7 Å². The van der Waals surface area contributed by atoms with Crippen molar-refractivity contribution in [3.8, 4) is 11.9 Å². The molecule has 2 heterocycles. The quantitative estimate of drug-likeness (QED) is 0.747. The van der Waals surface area contributed by atoms with Crippen molar-refractivity contribution in [2.24, 2.45) is 10.2 Å². The fourth-order valence-corrected chi connectivity index (χ4v) is 3.33. The summed E-state index contributed by atoms with van der Waals surface area (Å²) in [6.07, 6.45) is 1.47. The summed E-state index contributed by atoms with van der Waals surface area (Å²) in [6.45, 7) is 2.29. The van der Waals surface area contributed by atoms with Crippen molar-refractivity contribution >= 4 is 34.6 Å². The fourth-order valence-electron chi connectivity index (χ4n) is 2.88. The highest BCUT2D eigenvalue weighted by atomic mass is 35.5. The topological polar surface area (TPSA) is 100.0 Å². The van der Waals surface area contributed by atoms with E-state index in [-0.39, 0.29) is 40.4 Å². The standard InChI is InChI=1S/C18H16Cl2N4O3/c1-10-13(8-21)17(25)24(9-12-3-2-6-27-12)18(26)16(10)23-22-15-5-4-11(19)7-14(15)20/h4-5,7,12,25H,2-3,6,9H2,1H3. The molecule has 9 heteroatoms. The Kier molecular flexibility index (Phi) is 5.80. The molecule has 2 aromatic rings. The molecule has 0 saturated carbocycles. The van der Waals surface area contributed by atoms with E-state index in [0.717, 1.165) is 17.4 Å². The lowest BCUT2D eigenvalue weighted by Crippen LogP contribution is -2.27. The highest BCUT2D eigenvalue weighted by molar-refractivity contribution is 6.36. The molecular weight excluding hydrogens is 391 g/mol. The van der Waals surface area contributed by atoms with Gasteiger partial charge in [-0.3, -0.25) is 9.36 Å². The zero-order chi connectivity index (χ0) is 19.6. The maximum Gasteiger partial charge on any atom is 0.281 e. The molecule has 27 heavy (non-hydrogen) atoms. The van der Waals surface area contributed by atoms with Gasteiger partial charge < -0.3 is 9.84 Å². The van der Waals surface area contributed by atoms with Gasteiger partial charge in [-0.2, -0.15) is 5.26 Å². The van der Waals surface area contributed by atoms with Gasteiger partial charge in [0, 0.05) is 17.2 Å². The number of aromatic nitrogens is 1. The summed E-state index contributed by atoms with van der Waals surface area (Å²) in [7, 11) is 0. The largest absolute Gasteiger partial charge is 0.493 e. The van der Waals surface area contributed by atoms with E-state index in [9.17, 15) is 15.2 Å². The third-order valence-electron chi connectivity index (χ3n) is 4.35. The van der Waals surface area contributed by atoms with E-state index >= 15 is 0 Å². The molecule has 0 amide bonds. The van der Waals surface area contributed by atoms with Crippen molar-refractivity contribution < 1.29 is 9.84 Å². The van der Waals surface area contributed by atoms with Crippen LogP contribution in [0, 0.1) is 18.3 Å². The van der Waals surface area contributed by atoms with Gasteiger partial charge >= 0.3 is 0 Å². The Morgan fingerprint density at radius 3 is 2.81 bits per heavy atom. The first-order chi connectivity index (χ1) is 12.9. The van der Waals surface area contributed by atoms with Gasteiger partial charge in [0.15, 0.2) is 5.69 Å². The minimum atomic E-state index is -0.548. The van der Waals surface area contributed by atoms with Crippen LogP contribution in [0.5, 0.6) is 5.88 Å². The van der Waals surface area contributed by atoms with E-state index < -0.39 is 5.56 Å². The van der Waals surface area contributed by atoms with Crippen LogP contribution in [0.4, 0.5) is 11.4 Å². The number of azo groups is 1. The van der Waals surface area contributed by atoms with Gasteiger partial charge in [-0.15, -0.1) is 10.2 Å². The Morgan fingerprint density at radius 2 is 2.19 bits per heavy atom. The predicted octanol–water partition coefficient (Wildman–Crippen LogP) is 4.64. The average Bonchev–Trinajstić information content (AvgIpc) is 3.14. The van der Waals surface area contributed by atoms with Crippen molar-refractivity contribution in [2.45, 2.75) is 32.4 Å². The molecule has 1 aromatic heterocycles. The van der Waals surface area contributed by atoms with Gasteiger partial charge in [0.1, 0.15) is 17.3 Å². The van der Waals surface area contributed by atoms with Crippen LogP contribution in [0.2, 0.25) is 10.0 Å². The van der Waals surface area contributed by atoms with Crippen molar-refractivity contribution in [1.82, 2.24) is 4.57 Å². The average molecular weight is 407 g/mol. The molecule has 3 rings (SSSR count). The van der Waals surface area contributed by atoms with Crippen LogP contribution in [0.25, 0.3) is 0 Å². The summed E-state index contributed by atoms with van der Waals surface area (Å²) in [6, 6.07) is 6.60. The molecule has 1 fully saturated rings. The van der Waals surface area contributed by atoms with E-state index in [2.05, 4.69) is 10.2 Å². The van der Waals surface area contributed by atoms with Crippen LogP contribution in [0.1, 0.15) is 24.0 Å². The molecule has 1 aliphatic heterocycles. The number of benzene rings is 1. The SMILES string of the molecule is Cc1c(C#N)c(O)n(CC2CCCO2)c(=O)c1N=Nc1ccc(Cl)cc1Cl. The summed E-state index contributed by atoms with van der Waals surface area (Å²) in [5.74, 6) is -0.390. The first-order valence-electron chi connectivity index (χ1n) is 8.27. The van der Waals surface area contributed by atoms with Gasteiger partial charge in [0.25, 0.3) is 5.56 Å². The second kappa shape index (κ2) is 8.09. The fraction of sp³-hybridized carbons (Fsp3) is 0.333. The summed E-state index contributed by atoms with van der Waals surface area (Å²) in [5, 5.41) is 28.5. The van der Waals surface area contributed by atoms with Gasteiger partial charge in [-0.05, 0) is 38.0 Å². The number of hydrogen-bond acceptors (Lipinski definition) is 6. The van der Waals surface area contributed by atoms with E-state index in [1.807, 2.05) is 6.07 Å². The monoisotopic (exact) mass is 406 g/mol. The Morgan fingerprint density at radius 1 is 1.41 bits per heavy atom. The van der Waals surface area contributed by atoms with Crippen LogP contribution in [0.3, 0.4) is 0 Å². The van der Waals surface area contributed by atoms with Crippen LogP contribution in [-0.2, 0) is 11.3 Å². The second-order valence-corrected chi connectivity index (χ2v) is 6.97. The molecule has 0 spiro atoms. The van der Waals surface area contributed by atoms with Gasteiger partial charge in [0.05, 0.1) is 17.7 Å².